The van der Waals surface area contributed by atoms with Crippen LogP contribution < -0.4 is 0 Å². The van der Waals surface area contributed by atoms with E-state index in [1.807, 2.05) is 12.2 Å². The fourth-order valence-electron chi connectivity index (χ4n) is 7.77. The average Bonchev–Trinajstić information content (AvgIpc) is 3.17. The molecule has 0 saturated heterocycles. The molecule has 0 N–H and O–H groups in total. The number of allylic oxidation sites excluding steroid dienone is 9. The Morgan fingerprint density at radius 1 is 0.612 bits per heavy atom. The second-order valence-electron chi connectivity index (χ2n) is 12.9. The Kier molecular flexibility index (Phi) is 7.78. The monoisotopic (exact) mass is 626 g/mol. The van der Waals surface area contributed by atoms with Crippen molar-refractivity contribution in [1.82, 2.24) is 0 Å². The van der Waals surface area contributed by atoms with Crippen LogP contribution in [0.25, 0.3) is 77.2 Å². The zero-order valence-electron chi connectivity index (χ0n) is 28.0. The van der Waals surface area contributed by atoms with Gasteiger partial charge in [-0.15, -0.1) is 0 Å². The van der Waals surface area contributed by atoms with Crippen LogP contribution in [0.1, 0.15) is 42.0 Å². The van der Waals surface area contributed by atoms with Crippen LogP contribution in [0, 0.1) is 0 Å². The van der Waals surface area contributed by atoms with Crippen molar-refractivity contribution in [3.05, 3.63) is 193 Å². The molecule has 1 aliphatic carbocycles. The number of benzene rings is 7. The van der Waals surface area contributed by atoms with Crippen molar-refractivity contribution in [2.24, 2.45) is 0 Å². The maximum absolute atomic E-state index is 4.58. The van der Waals surface area contributed by atoms with E-state index >= 15 is 0 Å². The van der Waals surface area contributed by atoms with Crippen LogP contribution in [-0.4, -0.2) is 0 Å². The first-order valence-corrected chi connectivity index (χ1v) is 17.1. The van der Waals surface area contributed by atoms with Crippen LogP contribution in [-0.2, 0) is 0 Å². The van der Waals surface area contributed by atoms with Crippen molar-refractivity contribution in [2.45, 2.75) is 19.8 Å². The van der Waals surface area contributed by atoms with E-state index in [0.717, 1.165) is 35.1 Å². The SMILES string of the molecule is C=C/C(=C\C(=C)C1=CC(c2ccc3c4ccccc4c4ccccc4c3c2)=CCC1)c1ccc2c(C=C)c(/C=C\C)c3ccccc3c2c1. The molecule has 0 atom stereocenters. The Labute approximate surface area is 288 Å². The van der Waals surface area contributed by atoms with Crippen LogP contribution in [0.5, 0.6) is 0 Å². The molecular formula is C49H38. The molecule has 0 unspecified atom stereocenters. The molecule has 0 bridgehead atoms. The topological polar surface area (TPSA) is 0 Å². The van der Waals surface area contributed by atoms with Gasteiger partial charge in [0.2, 0.25) is 0 Å². The molecule has 7 aromatic carbocycles. The minimum atomic E-state index is 0.961. The van der Waals surface area contributed by atoms with E-state index < -0.39 is 0 Å². The van der Waals surface area contributed by atoms with E-state index in [0.29, 0.717) is 0 Å². The van der Waals surface area contributed by atoms with E-state index in [1.165, 1.54) is 76.1 Å². The summed E-state index contributed by atoms with van der Waals surface area (Å²) in [7, 11) is 0. The van der Waals surface area contributed by atoms with E-state index in [4.69, 9.17) is 0 Å². The van der Waals surface area contributed by atoms with Gasteiger partial charge < -0.3 is 0 Å². The minimum Gasteiger partial charge on any atom is -0.0984 e. The van der Waals surface area contributed by atoms with Gasteiger partial charge in [-0.25, -0.2) is 0 Å². The average molecular weight is 627 g/mol. The summed E-state index contributed by atoms with van der Waals surface area (Å²) in [6.07, 6.45) is 17.1. The van der Waals surface area contributed by atoms with E-state index in [2.05, 4.69) is 166 Å². The number of fused-ring (bicyclic) bond motifs is 9. The zero-order chi connectivity index (χ0) is 33.5. The lowest BCUT2D eigenvalue weighted by molar-refractivity contribution is 0.984. The predicted octanol–water partition coefficient (Wildman–Crippen LogP) is 14.1. The first kappa shape index (κ1) is 30.4. The fourth-order valence-corrected chi connectivity index (χ4v) is 7.77. The highest BCUT2D eigenvalue weighted by molar-refractivity contribution is 6.25. The second kappa shape index (κ2) is 12.6. The van der Waals surface area contributed by atoms with Gasteiger partial charge in [-0.2, -0.15) is 0 Å². The highest BCUT2D eigenvalue weighted by Gasteiger charge is 2.15. The van der Waals surface area contributed by atoms with Gasteiger partial charge in [-0.1, -0.05) is 153 Å². The van der Waals surface area contributed by atoms with Crippen LogP contribution in [0.3, 0.4) is 0 Å². The Morgan fingerprint density at radius 2 is 1.16 bits per heavy atom. The first-order chi connectivity index (χ1) is 24.1. The van der Waals surface area contributed by atoms with Gasteiger partial charge in [-0.3, -0.25) is 0 Å². The van der Waals surface area contributed by atoms with Crippen LogP contribution >= 0.6 is 0 Å². The van der Waals surface area contributed by atoms with Gasteiger partial charge in [0, 0.05) is 0 Å². The maximum atomic E-state index is 4.58. The van der Waals surface area contributed by atoms with Crippen LogP contribution in [0.4, 0.5) is 0 Å². The maximum Gasteiger partial charge on any atom is -0.00928 e. The minimum absolute atomic E-state index is 0.961. The summed E-state index contributed by atoms with van der Waals surface area (Å²) in [4.78, 5) is 0. The van der Waals surface area contributed by atoms with Crippen molar-refractivity contribution >= 4 is 77.2 Å². The standard InChI is InChI=1S/C49H38/c1-5-15-39-38(7-3)46-26-24-36(30-48(46)44-22-12-10-18-40(39)44)33(6-2)28-32(4)34-16-14-17-35(29-34)37-25-27-47-43-21-9-8-19-41(43)42-20-11-13-23-45(42)49(47)31-37/h5-13,15,17-31H,2-4,14,16H2,1H3/b15-5-,33-28+. The number of rotatable bonds is 7. The summed E-state index contributed by atoms with van der Waals surface area (Å²) in [5.41, 5.74) is 9.34. The van der Waals surface area contributed by atoms with E-state index in [9.17, 15) is 0 Å². The lowest BCUT2D eigenvalue weighted by atomic mass is 9.87. The normalized spacial score (nSPS) is 13.8. The van der Waals surface area contributed by atoms with Gasteiger partial charge >= 0.3 is 0 Å². The second-order valence-corrected chi connectivity index (χ2v) is 12.9. The molecule has 0 heterocycles. The highest BCUT2D eigenvalue weighted by Crippen LogP contribution is 2.39. The van der Waals surface area contributed by atoms with Gasteiger partial charge in [-0.05, 0) is 136 Å². The Morgan fingerprint density at radius 3 is 1.80 bits per heavy atom. The first-order valence-electron chi connectivity index (χ1n) is 17.1. The lowest BCUT2D eigenvalue weighted by Gasteiger charge is -2.17. The van der Waals surface area contributed by atoms with Crippen LogP contribution in [0.15, 0.2) is 170 Å². The molecule has 0 aromatic heterocycles. The molecule has 0 saturated carbocycles. The molecule has 234 valence electrons. The highest BCUT2D eigenvalue weighted by atomic mass is 14.2. The smallest absolute Gasteiger partial charge is 0.00928 e. The van der Waals surface area contributed by atoms with Crippen molar-refractivity contribution in [3.63, 3.8) is 0 Å². The van der Waals surface area contributed by atoms with E-state index in [1.54, 1.807) is 0 Å². The zero-order valence-corrected chi connectivity index (χ0v) is 28.0. The summed E-state index contributed by atoms with van der Waals surface area (Å²) in [5, 5.41) is 12.7. The molecule has 0 fully saturated rings. The molecule has 0 nitrogen and oxygen atoms in total. The van der Waals surface area contributed by atoms with Crippen molar-refractivity contribution in [2.75, 3.05) is 0 Å². The van der Waals surface area contributed by atoms with E-state index in [-0.39, 0.29) is 0 Å². The summed E-state index contributed by atoms with van der Waals surface area (Å²) >= 11 is 0. The molecule has 49 heavy (non-hydrogen) atoms. The Hall–Kier alpha value is -5.98. The molecule has 0 radical (unpaired) electrons. The van der Waals surface area contributed by atoms with Gasteiger partial charge in [0.1, 0.15) is 0 Å². The molecule has 1 aliphatic rings. The van der Waals surface area contributed by atoms with Gasteiger partial charge in [0.25, 0.3) is 0 Å². The third-order valence-electron chi connectivity index (χ3n) is 10.1. The molecule has 8 rings (SSSR count). The van der Waals surface area contributed by atoms with Crippen LogP contribution in [0.2, 0.25) is 0 Å². The lowest BCUT2D eigenvalue weighted by Crippen LogP contribution is -1.96. The fraction of sp³-hybridized carbons (Fsp3) is 0.0612. The quantitative estimate of drug-likeness (QED) is 0.122. The summed E-state index contributed by atoms with van der Waals surface area (Å²) in [6.45, 7) is 15.0. The Bertz CT molecular complexity index is 2610. The number of hydrogen-bond donors (Lipinski definition) is 0. The van der Waals surface area contributed by atoms with Crippen molar-refractivity contribution in [3.8, 4) is 0 Å². The summed E-state index contributed by atoms with van der Waals surface area (Å²) in [5.74, 6) is 0. The third-order valence-corrected chi connectivity index (χ3v) is 10.1. The van der Waals surface area contributed by atoms with Gasteiger partial charge in [0.15, 0.2) is 0 Å². The molecule has 0 spiro atoms. The molecule has 7 aromatic rings. The molecular weight excluding hydrogens is 589 g/mol. The summed E-state index contributed by atoms with van der Waals surface area (Å²) < 4.78 is 0. The van der Waals surface area contributed by atoms with Crippen molar-refractivity contribution in [1.29, 1.82) is 0 Å². The Balaban J connectivity index is 1.18. The predicted molar refractivity (Wildman–Crippen MR) is 218 cm³/mol. The largest absolute Gasteiger partial charge is 0.0984 e. The number of hydrogen-bond acceptors (Lipinski definition) is 0. The van der Waals surface area contributed by atoms with Crippen molar-refractivity contribution < 1.29 is 0 Å². The molecule has 0 aliphatic heterocycles. The third kappa shape index (κ3) is 5.18. The summed E-state index contributed by atoms with van der Waals surface area (Å²) in [6, 6.07) is 39.9. The molecule has 0 amide bonds. The van der Waals surface area contributed by atoms with Gasteiger partial charge in [0.05, 0.1) is 0 Å². The molecule has 0 heteroatoms.